The number of methoxy groups -OCH3 is 1. The Morgan fingerprint density at radius 2 is 1.93 bits per heavy atom. The highest BCUT2D eigenvalue weighted by Gasteiger charge is 2.69. The first kappa shape index (κ1) is 22.6. The van der Waals surface area contributed by atoms with Crippen LogP contribution >= 0.6 is 0 Å². The maximum Gasteiger partial charge on any atom is 0.410 e. The topological polar surface area (TPSA) is 102 Å². The molecular weight excluding hydrogens is 388 g/mol. The average Bonchev–Trinajstić information content (AvgIpc) is 3.01. The van der Waals surface area contributed by atoms with Crippen LogP contribution in [0.3, 0.4) is 0 Å². The summed E-state index contributed by atoms with van der Waals surface area (Å²) >= 11 is 0. The van der Waals surface area contributed by atoms with Gasteiger partial charge in [0.2, 0.25) is 5.91 Å². The van der Waals surface area contributed by atoms with Crippen molar-refractivity contribution in [2.24, 2.45) is 23.2 Å². The molecule has 1 aliphatic heterocycles. The zero-order valence-corrected chi connectivity index (χ0v) is 18.8. The molecule has 2 aliphatic carbocycles. The Bertz CT molecular complexity index is 740. The van der Waals surface area contributed by atoms with Gasteiger partial charge in [-0.2, -0.15) is 0 Å². The van der Waals surface area contributed by atoms with Crippen LogP contribution in [-0.4, -0.2) is 60.0 Å². The molecule has 0 unspecified atom stereocenters. The number of nitrogens with zero attached hydrogens (tertiary/aromatic N) is 1. The Kier molecular flexibility index (Phi) is 5.91. The van der Waals surface area contributed by atoms with Gasteiger partial charge in [0.1, 0.15) is 23.5 Å². The van der Waals surface area contributed by atoms with Crippen LogP contribution in [0.5, 0.6) is 0 Å². The molecule has 1 heterocycles. The van der Waals surface area contributed by atoms with Gasteiger partial charge in [-0.1, -0.05) is 13.8 Å². The minimum atomic E-state index is -0.907. The summed E-state index contributed by atoms with van der Waals surface area (Å²) in [6, 6.07) is -1.61. The molecule has 3 fully saturated rings. The fraction of sp³-hybridized carbons (Fsp3) is 0.818. The van der Waals surface area contributed by atoms with Crippen LogP contribution < -0.4 is 5.32 Å². The minimum absolute atomic E-state index is 0.0106. The molecule has 30 heavy (non-hydrogen) atoms. The number of amides is 2. The van der Waals surface area contributed by atoms with Crippen LogP contribution in [-0.2, 0) is 23.9 Å². The van der Waals surface area contributed by atoms with Gasteiger partial charge in [-0.15, -0.1) is 0 Å². The fourth-order valence-corrected chi connectivity index (χ4v) is 5.13. The Hall–Kier alpha value is -2.12. The van der Waals surface area contributed by atoms with E-state index in [0.717, 1.165) is 6.42 Å². The lowest BCUT2D eigenvalue weighted by atomic mass is 9.96. The summed E-state index contributed by atoms with van der Waals surface area (Å²) in [6.07, 6.45) is 1.74. The molecular formula is C22H34N2O6. The Balaban J connectivity index is 1.75. The van der Waals surface area contributed by atoms with Crippen LogP contribution in [0.4, 0.5) is 4.79 Å². The van der Waals surface area contributed by atoms with E-state index in [-0.39, 0.29) is 41.3 Å². The quantitative estimate of drug-likeness (QED) is 0.682. The molecule has 5 atom stereocenters. The number of likely N-dealkylation sites (tertiary alicyclic amines) is 1. The zero-order chi connectivity index (χ0) is 22.4. The molecule has 8 nitrogen and oxygen atoms in total. The second-order valence-corrected chi connectivity index (χ2v) is 10.4. The lowest BCUT2D eigenvalue weighted by Gasteiger charge is -2.32. The van der Waals surface area contributed by atoms with Crippen molar-refractivity contribution in [1.82, 2.24) is 10.2 Å². The third-order valence-electron chi connectivity index (χ3n) is 6.86. The van der Waals surface area contributed by atoms with Crippen LogP contribution in [0.2, 0.25) is 0 Å². The molecule has 2 saturated carbocycles. The van der Waals surface area contributed by atoms with E-state index in [2.05, 4.69) is 19.2 Å². The van der Waals surface area contributed by atoms with Gasteiger partial charge in [0.05, 0.1) is 7.11 Å². The predicted octanol–water partition coefficient (Wildman–Crippen LogP) is 2.29. The number of carbonyl (C=O) groups excluding carboxylic acids is 4. The van der Waals surface area contributed by atoms with Crippen molar-refractivity contribution in [3.8, 4) is 0 Å². The molecule has 0 aromatic heterocycles. The van der Waals surface area contributed by atoms with Crippen molar-refractivity contribution >= 4 is 23.8 Å². The SMILES string of the molecule is COC(=O)[C@H](C[C@@H]1CCCC1=O)NC(=O)[C@@H]1[C@@H]2[C@H](CN1C(=O)OC(C)(C)C)C2(C)C. The van der Waals surface area contributed by atoms with Crippen LogP contribution in [0.25, 0.3) is 0 Å². The first-order valence-electron chi connectivity index (χ1n) is 10.8. The molecule has 0 bridgehead atoms. The summed E-state index contributed by atoms with van der Waals surface area (Å²) in [4.78, 5) is 51.9. The van der Waals surface area contributed by atoms with Gasteiger partial charge in [0, 0.05) is 18.9 Å². The van der Waals surface area contributed by atoms with Gasteiger partial charge in [-0.05, 0) is 57.3 Å². The third-order valence-corrected chi connectivity index (χ3v) is 6.86. The van der Waals surface area contributed by atoms with E-state index >= 15 is 0 Å². The monoisotopic (exact) mass is 422 g/mol. The summed E-state index contributed by atoms with van der Waals surface area (Å²) in [6.45, 7) is 9.98. The number of piperidine rings is 1. The average molecular weight is 423 g/mol. The summed E-state index contributed by atoms with van der Waals surface area (Å²) < 4.78 is 10.4. The van der Waals surface area contributed by atoms with Crippen LogP contribution in [0.1, 0.15) is 60.3 Å². The van der Waals surface area contributed by atoms with E-state index < -0.39 is 29.7 Å². The molecule has 3 aliphatic rings. The van der Waals surface area contributed by atoms with Crippen molar-refractivity contribution < 1.29 is 28.7 Å². The summed E-state index contributed by atoms with van der Waals surface area (Å²) in [5, 5.41) is 2.78. The second-order valence-electron chi connectivity index (χ2n) is 10.4. The molecule has 8 heteroatoms. The molecule has 3 rings (SSSR count). The lowest BCUT2D eigenvalue weighted by molar-refractivity contribution is -0.146. The van der Waals surface area contributed by atoms with Gasteiger partial charge in [-0.25, -0.2) is 9.59 Å². The van der Waals surface area contributed by atoms with Crippen LogP contribution in [0, 0.1) is 23.2 Å². The predicted molar refractivity (Wildman–Crippen MR) is 108 cm³/mol. The third kappa shape index (κ3) is 4.32. The van der Waals surface area contributed by atoms with E-state index in [9.17, 15) is 19.2 Å². The van der Waals surface area contributed by atoms with Gasteiger partial charge >= 0.3 is 12.1 Å². The van der Waals surface area contributed by atoms with E-state index in [1.807, 2.05) is 0 Å². The van der Waals surface area contributed by atoms with Gasteiger partial charge < -0.3 is 14.8 Å². The lowest BCUT2D eigenvalue weighted by Crippen LogP contribution is -2.54. The molecule has 0 aromatic carbocycles. The van der Waals surface area contributed by atoms with Gasteiger partial charge in [0.15, 0.2) is 0 Å². The van der Waals surface area contributed by atoms with E-state index in [1.54, 1.807) is 20.8 Å². The Labute approximate surface area is 178 Å². The van der Waals surface area contributed by atoms with Crippen molar-refractivity contribution in [3.63, 3.8) is 0 Å². The van der Waals surface area contributed by atoms with Crippen molar-refractivity contribution in [2.45, 2.75) is 78.0 Å². The van der Waals surface area contributed by atoms with Gasteiger partial charge in [0.25, 0.3) is 0 Å². The Morgan fingerprint density at radius 3 is 2.47 bits per heavy atom. The number of rotatable bonds is 5. The molecule has 0 aromatic rings. The molecule has 0 radical (unpaired) electrons. The zero-order valence-electron chi connectivity index (χ0n) is 18.8. The first-order valence-corrected chi connectivity index (χ1v) is 10.8. The highest BCUT2D eigenvalue weighted by Crippen LogP contribution is 2.65. The number of hydrogen-bond acceptors (Lipinski definition) is 6. The number of nitrogens with one attached hydrogen (secondary N) is 1. The maximum absolute atomic E-state index is 13.3. The first-order chi connectivity index (χ1) is 13.9. The highest BCUT2D eigenvalue weighted by atomic mass is 16.6. The normalized spacial score (nSPS) is 30.5. The molecule has 1 N–H and O–H groups in total. The molecule has 2 amide bonds. The smallest absolute Gasteiger partial charge is 0.410 e. The van der Waals surface area contributed by atoms with Crippen molar-refractivity contribution in [1.29, 1.82) is 0 Å². The van der Waals surface area contributed by atoms with E-state index in [1.165, 1.54) is 12.0 Å². The second kappa shape index (κ2) is 7.85. The van der Waals surface area contributed by atoms with Crippen molar-refractivity contribution in [2.75, 3.05) is 13.7 Å². The minimum Gasteiger partial charge on any atom is -0.467 e. The maximum atomic E-state index is 13.3. The number of esters is 1. The van der Waals surface area contributed by atoms with Crippen molar-refractivity contribution in [3.05, 3.63) is 0 Å². The number of Topliss-reactive ketones (excluding diaryl/α,β-unsaturated/α-hetero) is 1. The number of ether oxygens (including phenoxy) is 2. The molecule has 168 valence electrons. The van der Waals surface area contributed by atoms with E-state index in [0.29, 0.717) is 19.4 Å². The Morgan fingerprint density at radius 1 is 1.27 bits per heavy atom. The van der Waals surface area contributed by atoms with Crippen LogP contribution in [0.15, 0.2) is 0 Å². The summed E-state index contributed by atoms with van der Waals surface area (Å²) in [7, 11) is 1.26. The van der Waals surface area contributed by atoms with E-state index in [4.69, 9.17) is 9.47 Å². The van der Waals surface area contributed by atoms with Gasteiger partial charge in [-0.3, -0.25) is 14.5 Å². The number of ketones is 1. The summed E-state index contributed by atoms with van der Waals surface area (Å²) in [5.41, 5.74) is -0.722. The highest BCUT2D eigenvalue weighted by molar-refractivity contribution is 5.92. The number of fused-ring (bicyclic) bond motifs is 1. The molecule has 0 spiro atoms. The number of hydrogen-bond donors (Lipinski definition) is 1. The summed E-state index contributed by atoms with van der Waals surface area (Å²) in [5.74, 6) is -0.857. The standard InChI is InChI=1S/C22H34N2O6/c1-21(2,3)30-20(28)24-11-13-16(22(13,4)5)17(24)18(26)23-14(19(27)29-6)10-12-8-7-9-15(12)25/h12-14,16-17H,7-11H2,1-6H3,(H,23,26)/t12-,13-,14-,16-,17-/m0/s1. The fourth-order valence-electron chi connectivity index (χ4n) is 5.13. The largest absolute Gasteiger partial charge is 0.467 e. The molecule has 1 saturated heterocycles. The number of carbonyl (C=O) groups is 4.